The lowest BCUT2D eigenvalue weighted by atomic mass is 10.0. The van der Waals surface area contributed by atoms with Crippen LogP contribution in [0.4, 0.5) is 0 Å². The molecule has 0 N–H and O–H groups in total. The molecule has 0 unspecified atom stereocenters. The summed E-state index contributed by atoms with van der Waals surface area (Å²) in [6.45, 7) is 0. The standard InChI is InChI=1S/C20H15NS/c1-3-7-15(8-4-1)11-17-12-21-13-18-19(14-22-20(17)18)16-9-5-2-6-10-16/h1-10,12-14H,11H2. The molecule has 0 aliphatic heterocycles. The maximum absolute atomic E-state index is 4.47. The largest absolute Gasteiger partial charge is 0.264 e. The molecule has 1 nitrogen and oxygen atoms in total. The van der Waals surface area contributed by atoms with E-state index in [1.54, 1.807) is 0 Å². The van der Waals surface area contributed by atoms with Gasteiger partial charge in [-0.1, -0.05) is 60.7 Å². The van der Waals surface area contributed by atoms with Crippen LogP contribution in [0.2, 0.25) is 0 Å². The van der Waals surface area contributed by atoms with Gasteiger partial charge in [-0.3, -0.25) is 4.98 Å². The van der Waals surface area contributed by atoms with E-state index in [1.165, 1.54) is 32.3 Å². The van der Waals surface area contributed by atoms with Gasteiger partial charge in [-0.2, -0.15) is 0 Å². The summed E-state index contributed by atoms with van der Waals surface area (Å²) in [5.74, 6) is 0. The smallest absolute Gasteiger partial charge is 0.0415 e. The Hall–Kier alpha value is -2.45. The molecular formula is C20H15NS. The third-order valence-electron chi connectivity index (χ3n) is 3.88. The van der Waals surface area contributed by atoms with Gasteiger partial charge in [0.1, 0.15) is 0 Å². The van der Waals surface area contributed by atoms with Crippen LogP contribution in [0.3, 0.4) is 0 Å². The maximum Gasteiger partial charge on any atom is 0.0415 e. The van der Waals surface area contributed by atoms with Crippen molar-refractivity contribution in [2.45, 2.75) is 6.42 Å². The Morgan fingerprint density at radius 1 is 0.818 bits per heavy atom. The summed E-state index contributed by atoms with van der Waals surface area (Å²) in [6.07, 6.45) is 4.92. The van der Waals surface area contributed by atoms with E-state index < -0.39 is 0 Å². The van der Waals surface area contributed by atoms with Gasteiger partial charge >= 0.3 is 0 Å². The van der Waals surface area contributed by atoms with E-state index in [-0.39, 0.29) is 0 Å². The topological polar surface area (TPSA) is 12.9 Å². The fourth-order valence-electron chi connectivity index (χ4n) is 2.79. The summed E-state index contributed by atoms with van der Waals surface area (Å²) >= 11 is 1.81. The first-order chi connectivity index (χ1) is 10.9. The molecule has 0 aliphatic rings. The van der Waals surface area contributed by atoms with E-state index in [1.807, 2.05) is 23.7 Å². The van der Waals surface area contributed by atoms with Gasteiger partial charge in [-0.05, 0) is 22.1 Å². The van der Waals surface area contributed by atoms with E-state index in [4.69, 9.17) is 0 Å². The third kappa shape index (κ3) is 2.42. The molecule has 0 aliphatic carbocycles. The highest BCUT2D eigenvalue weighted by Gasteiger charge is 2.10. The number of fused-ring (bicyclic) bond motifs is 1. The summed E-state index contributed by atoms with van der Waals surface area (Å²) in [7, 11) is 0. The average Bonchev–Trinajstić information content (AvgIpc) is 3.02. The number of benzene rings is 2. The lowest BCUT2D eigenvalue weighted by Crippen LogP contribution is -1.89. The summed E-state index contributed by atoms with van der Waals surface area (Å²) in [5, 5.41) is 3.50. The normalized spacial score (nSPS) is 10.9. The summed E-state index contributed by atoms with van der Waals surface area (Å²) in [4.78, 5) is 4.47. The molecule has 0 spiro atoms. The number of rotatable bonds is 3. The van der Waals surface area contributed by atoms with Crippen molar-refractivity contribution in [2.24, 2.45) is 0 Å². The van der Waals surface area contributed by atoms with Gasteiger partial charge in [-0.25, -0.2) is 0 Å². The number of hydrogen-bond donors (Lipinski definition) is 0. The number of pyridine rings is 1. The predicted octanol–water partition coefficient (Wildman–Crippen LogP) is 5.55. The maximum atomic E-state index is 4.47. The van der Waals surface area contributed by atoms with Crippen LogP contribution in [0.25, 0.3) is 21.2 Å². The second kappa shape index (κ2) is 5.74. The monoisotopic (exact) mass is 301 g/mol. The van der Waals surface area contributed by atoms with E-state index in [9.17, 15) is 0 Å². The molecule has 0 bridgehead atoms. The number of hydrogen-bond acceptors (Lipinski definition) is 2. The lowest BCUT2D eigenvalue weighted by Gasteiger charge is -2.04. The molecule has 4 aromatic rings. The molecule has 22 heavy (non-hydrogen) atoms. The highest BCUT2D eigenvalue weighted by atomic mass is 32.1. The van der Waals surface area contributed by atoms with Crippen molar-refractivity contribution >= 4 is 21.4 Å². The fraction of sp³-hybridized carbons (Fsp3) is 0.0500. The Balaban J connectivity index is 1.81. The SMILES string of the molecule is c1ccc(Cc2cncc3c(-c4ccccc4)csc23)cc1. The molecule has 2 aromatic heterocycles. The zero-order valence-electron chi connectivity index (χ0n) is 12.1. The van der Waals surface area contributed by atoms with Crippen LogP contribution in [0.15, 0.2) is 78.4 Å². The van der Waals surface area contributed by atoms with E-state index >= 15 is 0 Å². The molecule has 4 rings (SSSR count). The Morgan fingerprint density at radius 2 is 1.55 bits per heavy atom. The van der Waals surface area contributed by atoms with Gasteiger partial charge in [0.2, 0.25) is 0 Å². The van der Waals surface area contributed by atoms with Gasteiger partial charge in [0.05, 0.1) is 0 Å². The van der Waals surface area contributed by atoms with Crippen molar-refractivity contribution in [1.29, 1.82) is 0 Å². The molecule has 0 saturated heterocycles. The second-order valence-electron chi connectivity index (χ2n) is 5.35. The lowest BCUT2D eigenvalue weighted by molar-refractivity contribution is 1.18. The van der Waals surface area contributed by atoms with Crippen molar-refractivity contribution in [3.05, 3.63) is 89.6 Å². The van der Waals surface area contributed by atoms with Crippen LogP contribution in [0, 0.1) is 0 Å². The Labute approximate surface area is 133 Å². The second-order valence-corrected chi connectivity index (χ2v) is 6.23. The minimum Gasteiger partial charge on any atom is -0.264 e. The quantitative estimate of drug-likeness (QED) is 0.483. The van der Waals surface area contributed by atoms with Crippen molar-refractivity contribution < 1.29 is 0 Å². The van der Waals surface area contributed by atoms with E-state index in [0.717, 1.165) is 6.42 Å². The molecule has 2 heterocycles. The molecule has 0 fully saturated rings. The molecule has 0 saturated carbocycles. The summed E-state index contributed by atoms with van der Waals surface area (Å²) < 4.78 is 1.35. The van der Waals surface area contributed by atoms with Crippen molar-refractivity contribution in [2.75, 3.05) is 0 Å². The van der Waals surface area contributed by atoms with Gasteiger partial charge in [0, 0.05) is 34.5 Å². The molecular weight excluding hydrogens is 286 g/mol. The Kier molecular flexibility index (Phi) is 3.45. The van der Waals surface area contributed by atoms with Gasteiger partial charge in [0.25, 0.3) is 0 Å². The number of aromatic nitrogens is 1. The van der Waals surface area contributed by atoms with Gasteiger partial charge < -0.3 is 0 Å². The molecule has 0 radical (unpaired) electrons. The van der Waals surface area contributed by atoms with E-state index in [0.29, 0.717) is 0 Å². The first-order valence-electron chi connectivity index (χ1n) is 7.35. The zero-order chi connectivity index (χ0) is 14.8. The minimum atomic E-state index is 0.930. The van der Waals surface area contributed by atoms with E-state index in [2.05, 4.69) is 71.0 Å². The van der Waals surface area contributed by atoms with Crippen LogP contribution in [0.5, 0.6) is 0 Å². The van der Waals surface area contributed by atoms with Crippen LogP contribution in [0.1, 0.15) is 11.1 Å². The minimum absolute atomic E-state index is 0.930. The van der Waals surface area contributed by atoms with Crippen LogP contribution in [-0.2, 0) is 6.42 Å². The first kappa shape index (κ1) is 13.2. The van der Waals surface area contributed by atoms with Crippen LogP contribution >= 0.6 is 11.3 Å². The van der Waals surface area contributed by atoms with Crippen molar-refractivity contribution in [3.63, 3.8) is 0 Å². The van der Waals surface area contributed by atoms with Gasteiger partial charge in [-0.15, -0.1) is 11.3 Å². The third-order valence-corrected chi connectivity index (χ3v) is 4.95. The van der Waals surface area contributed by atoms with Gasteiger partial charge in [0.15, 0.2) is 0 Å². The van der Waals surface area contributed by atoms with Crippen molar-refractivity contribution in [3.8, 4) is 11.1 Å². The molecule has 2 aromatic carbocycles. The fourth-order valence-corrected chi connectivity index (χ4v) is 3.85. The average molecular weight is 301 g/mol. The summed E-state index contributed by atoms with van der Waals surface area (Å²) in [5.41, 5.74) is 5.16. The predicted molar refractivity (Wildman–Crippen MR) is 94.3 cm³/mol. The van der Waals surface area contributed by atoms with Crippen molar-refractivity contribution in [1.82, 2.24) is 4.98 Å². The molecule has 106 valence electrons. The zero-order valence-corrected chi connectivity index (χ0v) is 12.9. The highest BCUT2D eigenvalue weighted by molar-refractivity contribution is 7.18. The van der Waals surface area contributed by atoms with Crippen LogP contribution in [-0.4, -0.2) is 4.98 Å². The Morgan fingerprint density at radius 3 is 2.32 bits per heavy atom. The highest BCUT2D eigenvalue weighted by Crippen LogP contribution is 2.35. The Bertz CT molecular complexity index is 895. The molecule has 0 atom stereocenters. The summed E-state index contributed by atoms with van der Waals surface area (Å²) in [6, 6.07) is 21.1. The number of nitrogens with zero attached hydrogens (tertiary/aromatic N) is 1. The molecule has 0 amide bonds. The van der Waals surface area contributed by atoms with Crippen LogP contribution < -0.4 is 0 Å². The molecule has 2 heteroatoms. The first-order valence-corrected chi connectivity index (χ1v) is 8.23. The number of thiophene rings is 1.